The summed E-state index contributed by atoms with van der Waals surface area (Å²) < 4.78 is 8.53. The van der Waals surface area contributed by atoms with E-state index in [0.29, 0.717) is 6.61 Å². The summed E-state index contributed by atoms with van der Waals surface area (Å²) in [6, 6.07) is 8.20. The highest BCUT2D eigenvalue weighted by atomic mass is 32.1. The Kier molecular flexibility index (Phi) is 3.63. The molecular formula is C15H16N2OS2. The number of rotatable bonds is 4. The van der Waals surface area contributed by atoms with Crippen molar-refractivity contribution in [3.8, 4) is 5.75 Å². The molecule has 2 aromatic heterocycles. The number of H-pyrrole nitrogens is 1. The van der Waals surface area contributed by atoms with Gasteiger partial charge in [-0.2, -0.15) is 0 Å². The van der Waals surface area contributed by atoms with Crippen molar-refractivity contribution in [3.63, 3.8) is 0 Å². The van der Waals surface area contributed by atoms with Crippen LogP contribution in [0, 0.1) is 11.7 Å². The summed E-state index contributed by atoms with van der Waals surface area (Å²) in [5.41, 5.74) is 3.38. The molecule has 1 N–H and O–H groups in total. The van der Waals surface area contributed by atoms with E-state index in [-0.39, 0.29) is 0 Å². The zero-order valence-electron chi connectivity index (χ0n) is 11.5. The van der Waals surface area contributed by atoms with Crippen molar-refractivity contribution in [2.75, 3.05) is 6.61 Å². The van der Waals surface area contributed by atoms with Gasteiger partial charge in [-0.05, 0) is 55.2 Å². The summed E-state index contributed by atoms with van der Waals surface area (Å²) in [5, 5.41) is 2.12. The number of nitrogens with one attached hydrogen (secondary N) is 1. The average molecular weight is 304 g/mol. The molecule has 0 saturated heterocycles. The van der Waals surface area contributed by atoms with Crippen LogP contribution in [0.15, 0.2) is 29.6 Å². The smallest absolute Gasteiger partial charge is 0.178 e. The van der Waals surface area contributed by atoms with E-state index in [0.717, 1.165) is 28.1 Å². The molecule has 0 atom stereocenters. The standard InChI is InChI=1S/C15H16N2OS2/c1-3-18-12-6-4-5-11-14(12)16-15(19)17(11)9-13-10(2)7-8-20-13/h4-8H,3,9H2,1-2H3,(H,16,19). The molecule has 2 heterocycles. The molecule has 0 spiro atoms. The molecule has 0 radical (unpaired) electrons. The van der Waals surface area contributed by atoms with Crippen molar-refractivity contribution < 1.29 is 4.74 Å². The van der Waals surface area contributed by atoms with Gasteiger partial charge < -0.3 is 14.3 Å². The van der Waals surface area contributed by atoms with Crippen LogP contribution in [0.25, 0.3) is 11.0 Å². The largest absolute Gasteiger partial charge is 0.492 e. The van der Waals surface area contributed by atoms with E-state index in [4.69, 9.17) is 17.0 Å². The Balaban J connectivity index is 2.12. The highest BCUT2D eigenvalue weighted by molar-refractivity contribution is 7.71. The van der Waals surface area contributed by atoms with Crippen LogP contribution in [0.2, 0.25) is 0 Å². The number of ether oxygens (including phenoxy) is 1. The molecule has 5 heteroatoms. The second-order valence-corrected chi connectivity index (χ2v) is 6.01. The third-order valence-electron chi connectivity index (χ3n) is 3.34. The van der Waals surface area contributed by atoms with E-state index in [1.54, 1.807) is 11.3 Å². The van der Waals surface area contributed by atoms with Crippen LogP contribution in [0.3, 0.4) is 0 Å². The van der Waals surface area contributed by atoms with Crippen molar-refractivity contribution in [1.29, 1.82) is 0 Å². The Hall–Kier alpha value is -1.59. The lowest BCUT2D eigenvalue weighted by molar-refractivity contribution is 0.343. The van der Waals surface area contributed by atoms with Gasteiger partial charge >= 0.3 is 0 Å². The zero-order chi connectivity index (χ0) is 14.1. The number of hydrogen-bond acceptors (Lipinski definition) is 3. The number of aromatic amines is 1. The first-order chi connectivity index (χ1) is 9.70. The number of aryl methyl sites for hydroxylation is 1. The molecule has 3 aromatic rings. The Morgan fingerprint density at radius 2 is 2.20 bits per heavy atom. The molecule has 0 saturated carbocycles. The van der Waals surface area contributed by atoms with E-state index in [2.05, 4.69) is 34.0 Å². The van der Waals surface area contributed by atoms with Crippen molar-refractivity contribution in [2.45, 2.75) is 20.4 Å². The minimum Gasteiger partial charge on any atom is -0.492 e. The van der Waals surface area contributed by atoms with Gasteiger partial charge in [-0.3, -0.25) is 0 Å². The van der Waals surface area contributed by atoms with Crippen LogP contribution in [0.5, 0.6) is 5.75 Å². The Morgan fingerprint density at radius 1 is 1.35 bits per heavy atom. The van der Waals surface area contributed by atoms with Gasteiger partial charge in [0, 0.05) is 4.88 Å². The first-order valence-electron chi connectivity index (χ1n) is 6.58. The quantitative estimate of drug-likeness (QED) is 0.718. The first-order valence-corrected chi connectivity index (χ1v) is 7.86. The molecule has 0 aliphatic heterocycles. The fourth-order valence-corrected chi connectivity index (χ4v) is 3.46. The molecule has 0 bridgehead atoms. The maximum Gasteiger partial charge on any atom is 0.178 e. The summed E-state index contributed by atoms with van der Waals surface area (Å²) in [6.45, 7) is 5.57. The van der Waals surface area contributed by atoms with E-state index in [1.807, 2.05) is 19.1 Å². The normalized spacial score (nSPS) is 11.1. The Labute approximate surface area is 126 Å². The van der Waals surface area contributed by atoms with Gasteiger partial charge in [0.1, 0.15) is 11.3 Å². The third kappa shape index (κ3) is 2.27. The maximum atomic E-state index is 5.66. The lowest BCUT2D eigenvalue weighted by Crippen LogP contribution is -1.99. The second kappa shape index (κ2) is 5.42. The first kappa shape index (κ1) is 13.4. The number of hydrogen-bond donors (Lipinski definition) is 1. The number of imidazole rings is 1. The molecule has 0 aliphatic carbocycles. The van der Waals surface area contributed by atoms with Gasteiger partial charge in [0.25, 0.3) is 0 Å². The molecule has 1 aromatic carbocycles. The van der Waals surface area contributed by atoms with E-state index >= 15 is 0 Å². The summed E-state index contributed by atoms with van der Waals surface area (Å²) in [7, 11) is 0. The molecule has 0 fully saturated rings. The van der Waals surface area contributed by atoms with Crippen LogP contribution in [-0.4, -0.2) is 16.2 Å². The summed E-state index contributed by atoms with van der Waals surface area (Å²) in [6.07, 6.45) is 0. The fraction of sp³-hybridized carbons (Fsp3) is 0.267. The molecule has 20 heavy (non-hydrogen) atoms. The lowest BCUT2D eigenvalue weighted by Gasteiger charge is -2.06. The third-order valence-corrected chi connectivity index (χ3v) is 4.67. The topological polar surface area (TPSA) is 29.9 Å². The fourth-order valence-electron chi connectivity index (χ4n) is 2.30. The van der Waals surface area contributed by atoms with E-state index in [1.165, 1.54) is 10.4 Å². The maximum absolute atomic E-state index is 5.66. The summed E-state index contributed by atoms with van der Waals surface area (Å²) >= 11 is 7.24. The molecule has 0 unspecified atom stereocenters. The van der Waals surface area contributed by atoms with Gasteiger partial charge in [-0.25, -0.2) is 0 Å². The van der Waals surface area contributed by atoms with Crippen LogP contribution in [-0.2, 0) is 6.54 Å². The summed E-state index contributed by atoms with van der Waals surface area (Å²) in [5.74, 6) is 0.859. The average Bonchev–Trinajstić information content (AvgIpc) is 2.97. The van der Waals surface area contributed by atoms with Crippen LogP contribution in [0.1, 0.15) is 17.4 Å². The van der Waals surface area contributed by atoms with Crippen molar-refractivity contribution >= 4 is 34.6 Å². The minimum absolute atomic E-state index is 0.648. The van der Waals surface area contributed by atoms with Crippen LogP contribution < -0.4 is 4.74 Å². The predicted molar refractivity (Wildman–Crippen MR) is 86.4 cm³/mol. The Morgan fingerprint density at radius 3 is 2.90 bits per heavy atom. The van der Waals surface area contributed by atoms with Gasteiger partial charge in [0.05, 0.1) is 18.7 Å². The number of para-hydroxylation sites is 1. The molecule has 0 aliphatic rings. The van der Waals surface area contributed by atoms with Gasteiger partial charge in [0.15, 0.2) is 4.77 Å². The minimum atomic E-state index is 0.648. The Bertz CT molecular complexity index is 798. The second-order valence-electron chi connectivity index (χ2n) is 4.63. The van der Waals surface area contributed by atoms with Gasteiger partial charge in [-0.15, -0.1) is 11.3 Å². The van der Waals surface area contributed by atoms with E-state index in [9.17, 15) is 0 Å². The SMILES string of the molecule is CCOc1cccc2c1[nH]c(=S)n2Cc1sccc1C. The molecule has 3 nitrogen and oxygen atoms in total. The van der Waals surface area contributed by atoms with Gasteiger partial charge in [-0.1, -0.05) is 6.07 Å². The summed E-state index contributed by atoms with van der Waals surface area (Å²) in [4.78, 5) is 4.61. The number of nitrogens with zero attached hydrogens (tertiary/aromatic N) is 1. The van der Waals surface area contributed by atoms with Crippen molar-refractivity contribution in [2.24, 2.45) is 0 Å². The van der Waals surface area contributed by atoms with Crippen molar-refractivity contribution in [1.82, 2.24) is 9.55 Å². The highest BCUT2D eigenvalue weighted by Crippen LogP contribution is 2.27. The monoisotopic (exact) mass is 304 g/mol. The van der Waals surface area contributed by atoms with Crippen LogP contribution in [0.4, 0.5) is 0 Å². The van der Waals surface area contributed by atoms with Crippen molar-refractivity contribution in [3.05, 3.63) is 44.9 Å². The molecular weight excluding hydrogens is 288 g/mol. The number of aromatic nitrogens is 2. The van der Waals surface area contributed by atoms with Gasteiger partial charge in [0.2, 0.25) is 0 Å². The lowest BCUT2D eigenvalue weighted by atomic mass is 10.2. The molecule has 104 valence electrons. The molecule has 0 amide bonds. The highest BCUT2D eigenvalue weighted by Gasteiger charge is 2.10. The number of fused-ring (bicyclic) bond motifs is 1. The van der Waals surface area contributed by atoms with E-state index < -0.39 is 0 Å². The number of thiophene rings is 1. The predicted octanol–water partition coefficient (Wildman–Crippen LogP) is 4.52. The van der Waals surface area contributed by atoms with Crippen LogP contribution >= 0.6 is 23.6 Å². The zero-order valence-corrected chi connectivity index (χ0v) is 13.1. The molecule has 3 rings (SSSR count). The number of benzene rings is 1.